The first-order valence-electron chi connectivity index (χ1n) is 5.73. The van der Waals surface area contributed by atoms with Crippen molar-refractivity contribution >= 4 is 5.91 Å². The van der Waals surface area contributed by atoms with E-state index >= 15 is 0 Å². The number of nitrogens with zero attached hydrogens (tertiary/aromatic N) is 1. The molecule has 1 aliphatic heterocycles. The summed E-state index contributed by atoms with van der Waals surface area (Å²) in [6, 6.07) is 4.38. The minimum Gasteiger partial charge on any atom is -0.352 e. The number of carbonyl (C=O) groups is 1. The van der Waals surface area contributed by atoms with Crippen LogP contribution in [-0.2, 0) is 11.2 Å². The lowest BCUT2D eigenvalue weighted by atomic mass is 10.2. The Hall–Kier alpha value is -1.42. The summed E-state index contributed by atoms with van der Waals surface area (Å²) in [5.41, 5.74) is 1.29. The monoisotopic (exact) mass is 219 g/mol. The van der Waals surface area contributed by atoms with Crippen molar-refractivity contribution in [2.45, 2.75) is 25.3 Å². The molecule has 1 amide bonds. The van der Waals surface area contributed by atoms with Crippen LogP contribution in [0.25, 0.3) is 0 Å². The van der Waals surface area contributed by atoms with Crippen LogP contribution in [0.2, 0.25) is 0 Å². The molecule has 86 valence electrons. The first kappa shape index (κ1) is 11.1. The Balaban J connectivity index is 1.60. The van der Waals surface area contributed by atoms with E-state index in [1.165, 1.54) is 5.56 Å². The molecule has 2 heterocycles. The van der Waals surface area contributed by atoms with Crippen molar-refractivity contribution in [3.63, 3.8) is 0 Å². The topological polar surface area (TPSA) is 54.0 Å². The highest BCUT2D eigenvalue weighted by Gasteiger charge is 2.19. The van der Waals surface area contributed by atoms with E-state index < -0.39 is 0 Å². The Kier molecular flexibility index (Phi) is 3.88. The zero-order valence-corrected chi connectivity index (χ0v) is 9.28. The number of nitrogens with one attached hydrogen (secondary N) is 2. The molecule has 1 aliphatic rings. The number of hydrogen-bond acceptors (Lipinski definition) is 3. The van der Waals surface area contributed by atoms with E-state index in [1.54, 1.807) is 0 Å². The van der Waals surface area contributed by atoms with Crippen LogP contribution in [0.15, 0.2) is 24.5 Å². The van der Waals surface area contributed by atoms with Crippen molar-refractivity contribution in [3.05, 3.63) is 30.1 Å². The molecule has 1 aromatic rings. The molecule has 0 saturated carbocycles. The van der Waals surface area contributed by atoms with E-state index in [0.717, 1.165) is 25.9 Å². The third-order valence-electron chi connectivity index (χ3n) is 2.82. The second kappa shape index (κ2) is 5.61. The van der Waals surface area contributed by atoms with Gasteiger partial charge in [-0.25, -0.2) is 0 Å². The average Bonchev–Trinajstić information content (AvgIpc) is 2.72. The number of hydrogen-bond donors (Lipinski definition) is 2. The van der Waals surface area contributed by atoms with Crippen molar-refractivity contribution < 1.29 is 4.79 Å². The Morgan fingerprint density at radius 1 is 1.44 bits per heavy atom. The molecule has 1 saturated heterocycles. The van der Waals surface area contributed by atoms with Gasteiger partial charge in [-0.3, -0.25) is 9.78 Å². The molecule has 16 heavy (non-hydrogen) atoms. The van der Waals surface area contributed by atoms with Gasteiger partial charge in [-0.2, -0.15) is 0 Å². The maximum Gasteiger partial charge on any atom is 0.220 e. The molecule has 4 heteroatoms. The fourth-order valence-electron chi connectivity index (χ4n) is 1.89. The summed E-state index contributed by atoms with van der Waals surface area (Å²) in [5, 5.41) is 6.30. The molecule has 1 fully saturated rings. The van der Waals surface area contributed by atoms with Gasteiger partial charge in [0.05, 0.1) is 0 Å². The smallest absolute Gasteiger partial charge is 0.220 e. The molecule has 1 atom stereocenters. The van der Waals surface area contributed by atoms with Gasteiger partial charge in [-0.15, -0.1) is 0 Å². The van der Waals surface area contributed by atoms with E-state index in [1.807, 2.05) is 24.5 Å². The molecule has 2 N–H and O–H groups in total. The lowest BCUT2D eigenvalue weighted by molar-refractivity contribution is -0.119. The van der Waals surface area contributed by atoms with Gasteiger partial charge in [-0.1, -0.05) is 0 Å². The summed E-state index contributed by atoms with van der Waals surface area (Å²) in [6.45, 7) is 1.81. The molecule has 0 spiro atoms. The van der Waals surface area contributed by atoms with Crippen LogP contribution >= 0.6 is 0 Å². The number of amides is 1. The molecular formula is C12H17N3O. The summed E-state index contributed by atoms with van der Waals surface area (Å²) >= 11 is 0. The van der Waals surface area contributed by atoms with Crippen molar-refractivity contribution in [1.29, 1.82) is 0 Å². The van der Waals surface area contributed by atoms with Crippen LogP contribution in [0.3, 0.4) is 0 Å². The standard InChI is InChI=1S/C12H17N3O/c16-12-2-1-11(15-12)9-14-8-5-10-3-6-13-7-4-10/h3-4,6-7,11,14H,1-2,5,8-9H2,(H,15,16). The van der Waals surface area contributed by atoms with E-state index in [4.69, 9.17) is 0 Å². The lowest BCUT2D eigenvalue weighted by Crippen LogP contribution is -2.36. The SMILES string of the molecule is O=C1CCC(CNCCc2ccncc2)N1. The Bertz CT molecular complexity index is 339. The normalized spacial score (nSPS) is 19.8. The predicted octanol–water partition coefficient (Wildman–Crippen LogP) is 0.492. The Labute approximate surface area is 95.5 Å². The third-order valence-corrected chi connectivity index (χ3v) is 2.82. The Morgan fingerprint density at radius 3 is 2.94 bits per heavy atom. The molecule has 1 aromatic heterocycles. The zero-order valence-electron chi connectivity index (χ0n) is 9.28. The molecular weight excluding hydrogens is 202 g/mol. The number of carbonyl (C=O) groups excluding carboxylic acids is 1. The molecule has 0 aromatic carbocycles. The van der Waals surface area contributed by atoms with Crippen LogP contribution in [-0.4, -0.2) is 30.0 Å². The average molecular weight is 219 g/mol. The van der Waals surface area contributed by atoms with E-state index in [-0.39, 0.29) is 5.91 Å². The third kappa shape index (κ3) is 3.31. The summed E-state index contributed by atoms with van der Waals surface area (Å²) in [6.07, 6.45) is 6.26. The fourth-order valence-corrected chi connectivity index (χ4v) is 1.89. The van der Waals surface area contributed by atoms with Gasteiger partial charge in [0.2, 0.25) is 5.91 Å². The van der Waals surface area contributed by atoms with Crippen LogP contribution in [0.4, 0.5) is 0 Å². The van der Waals surface area contributed by atoms with Crippen molar-refractivity contribution in [2.24, 2.45) is 0 Å². The van der Waals surface area contributed by atoms with Gasteiger partial charge < -0.3 is 10.6 Å². The first-order chi connectivity index (χ1) is 7.84. The molecule has 0 bridgehead atoms. The summed E-state index contributed by atoms with van der Waals surface area (Å²) in [5.74, 6) is 0.181. The molecule has 0 aliphatic carbocycles. The minimum absolute atomic E-state index is 0.181. The van der Waals surface area contributed by atoms with Gasteiger partial charge in [-0.05, 0) is 37.1 Å². The fraction of sp³-hybridized carbons (Fsp3) is 0.500. The number of aromatic nitrogens is 1. The highest BCUT2D eigenvalue weighted by molar-refractivity contribution is 5.78. The second-order valence-corrected chi connectivity index (χ2v) is 4.11. The number of rotatable bonds is 5. The largest absolute Gasteiger partial charge is 0.352 e. The zero-order chi connectivity index (χ0) is 11.2. The van der Waals surface area contributed by atoms with Crippen molar-refractivity contribution in [2.75, 3.05) is 13.1 Å². The first-order valence-corrected chi connectivity index (χ1v) is 5.73. The van der Waals surface area contributed by atoms with Gasteiger partial charge >= 0.3 is 0 Å². The van der Waals surface area contributed by atoms with E-state index in [2.05, 4.69) is 15.6 Å². The lowest BCUT2D eigenvalue weighted by Gasteiger charge is -2.10. The molecule has 2 rings (SSSR count). The van der Waals surface area contributed by atoms with Gasteiger partial charge in [0, 0.05) is 31.4 Å². The van der Waals surface area contributed by atoms with Crippen LogP contribution in [0.1, 0.15) is 18.4 Å². The van der Waals surface area contributed by atoms with Crippen LogP contribution < -0.4 is 10.6 Å². The predicted molar refractivity (Wildman–Crippen MR) is 62.0 cm³/mol. The quantitative estimate of drug-likeness (QED) is 0.709. The van der Waals surface area contributed by atoms with E-state index in [0.29, 0.717) is 12.5 Å². The Morgan fingerprint density at radius 2 is 2.25 bits per heavy atom. The van der Waals surface area contributed by atoms with Crippen LogP contribution in [0, 0.1) is 0 Å². The molecule has 4 nitrogen and oxygen atoms in total. The highest BCUT2D eigenvalue weighted by atomic mass is 16.1. The van der Waals surface area contributed by atoms with Gasteiger partial charge in [0.1, 0.15) is 0 Å². The highest BCUT2D eigenvalue weighted by Crippen LogP contribution is 2.04. The maximum absolute atomic E-state index is 11.0. The minimum atomic E-state index is 0.181. The second-order valence-electron chi connectivity index (χ2n) is 4.11. The van der Waals surface area contributed by atoms with Crippen molar-refractivity contribution in [3.8, 4) is 0 Å². The molecule has 0 radical (unpaired) electrons. The summed E-state index contributed by atoms with van der Waals surface area (Å²) < 4.78 is 0. The molecule has 1 unspecified atom stereocenters. The van der Waals surface area contributed by atoms with E-state index in [9.17, 15) is 4.79 Å². The maximum atomic E-state index is 11.0. The summed E-state index contributed by atoms with van der Waals surface area (Å²) in [4.78, 5) is 14.9. The van der Waals surface area contributed by atoms with Gasteiger partial charge in [0.15, 0.2) is 0 Å². The van der Waals surface area contributed by atoms with Crippen molar-refractivity contribution in [1.82, 2.24) is 15.6 Å². The summed E-state index contributed by atoms with van der Waals surface area (Å²) in [7, 11) is 0. The van der Waals surface area contributed by atoms with Crippen LogP contribution in [0.5, 0.6) is 0 Å². The number of pyridine rings is 1. The van der Waals surface area contributed by atoms with Gasteiger partial charge in [0.25, 0.3) is 0 Å².